The molecule has 0 atom stereocenters. The van der Waals surface area contributed by atoms with Gasteiger partial charge in [-0.1, -0.05) is 71.2 Å². The first-order chi connectivity index (χ1) is 11.7. The third-order valence-corrected chi connectivity index (χ3v) is 3.98. The van der Waals surface area contributed by atoms with Crippen LogP contribution in [0.1, 0.15) is 33.3 Å². The van der Waals surface area contributed by atoms with Crippen molar-refractivity contribution in [3.63, 3.8) is 0 Å². The highest BCUT2D eigenvalue weighted by molar-refractivity contribution is 8.03. The van der Waals surface area contributed by atoms with Crippen LogP contribution >= 0.6 is 11.8 Å². The van der Waals surface area contributed by atoms with Gasteiger partial charge >= 0.3 is 0 Å². The Hall–Kier alpha value is -2.00. The van der Waals surface area contributed by atoms with Crippen LogP contribution in [0.3, 0.4) is 0 Å². The lowest BCUT2D eigenvalue weighted by molar-refractivity contribution is -0.105. The summed E-state index contributed by atoms with van der Waals surface area (Å²) in [6.07, 6.45) is 2.61. The highest BCUT2D eigenvalue weighted by Crippen LogP contribution is 2.33. The van der Waals surface area contributed by atoms with Crippen molar-refractivity contribution >= 4 is 34.5 Å². The van der Waals surface area contributed by atoms with Crippen LogP contribution < -0.4 is 4.90 Å². The molecule has 0 fully saturated rings. The number of fused-ring (bicyclic) bond motifs is 1. The van der Waals surface area contributed by atoms with Crippen LogP contribution in [0.25, 0.3) is 10.8 Å². The number of carbonyl (C=O) groups is 1. The van der Waals surface area contributed by atoms with Crippen molar-refractivity contribution in [1.82, 2.24) is 0 Å². The lowest BCUT2D eigenvalue weighted by Crippen LogP contribution is -2.12. The van der Waals surface area contributed by atoms with Gasteiger partial charge in [-0.05, 0) is 23.9 Å². The smallest absolute Gasteiger partial charge is 0.130 e. The molecule has 130 valence electrons. The summed E-state index contributed by atoms with van der Waals surface area (Å²) in [5.41, 5.74) is 2.27. The predicted octanol–water partition coefficient (Wildman–Crippen LogP) is 6.55. The first-order valence-electron chi connectivity index (χ1n) is 8.34. The molecule has 0 bridgehead atoms. The van der Waals surface area contributed by atoms with E-state index >= 15 is 0 Å². The van der Waals surface area contributed by atoms with E-state index in [2.05, 4.69) is 44.3 Å². The lowest BCUT2D eigenvalue weighted by atomic mass is 10.0. The molecule has 0 saturated heterocycles. The minimum atomic E-state index is 0.396. The van der Waals surface area contributed by atoms with Gasteiger partial charge in [0.2, 0.25) is 0 Å². The lowest BCUT2D eigenvalue weighted by Gasteiger charge is -2.23. The Balaban J connectivity index is 0.00000123. The monoisotopic (exact) mass is 343 g/mol. The number of benzene rings is 2. The molecule has 2 rings (SSSR count). The van der Waals surface area contributed by atoms with Crippen molar-refractivity contribution < 1.29 is 4.79 Å². The van der Waals surface area contributed by atoms with Gasteiger partial charge in [0.05, 0.1) is 16.5 Å². The van der Waals surface area contributed by atoms with Crippen LogP contribution in [0.4, 0.5) is 5.69 Å². The minimum absolute atomic E-state index is 0.396. The van der Waals surface area contributed by atoms with E-state index in [1.807, 2.05) is 44.7 Å². The van der Waals surface area contributed by atoms with Gasteiger partial charge in [0.25, 0.3) is 0 Å². The molecule has 0 radical (unpaired) electrons. The van der Waals surface area contributed by atoms with Crippen LogP contribution in [0.2, 0.25) is 0 Å². The summed E-state index contributed by atoms with van der Waals surface area (Å²) in [6, 6.07) is 12.4. The highest BCUT2D eigenvalue weighted by Gasteiger charge is 2.11. The summed E-state index contributed by atoms with van der Waals surface area (Å²) < 4.78 is 0. The molecule has 0 aliphatic carbocycles. The first kappa shape index (κ1) is 22.0. The van der Waals surface area contributed by atoms with Gasteiger partial charge in [-0.3, -0.25) is 0 Å². The van der Waals surface area contributed by atoms with E-state index in [9.17, 15) is 4.79 Å². The molecule has 2 aromatic carbocycles. The molecular formula is C21H29NOS. The third-order valence-electron chi connectivity index (χ3n) is 3.15. The van der Waals surface area contributed by atoms with E-state index in [0.717, 1.165) is 22.4 Å². The average Bonchev–Trinajstić information content (AvgIpc) is 2.66. The average molecular weight is 344 g/mol. The summed E-state index contributed by atoms with van der Waals surface area (Å²) in [4.78, 5) is 12.4. The Bertz CT molecular complexity index is 664. The van der Waals surface area contributed by atoms with Crippen molar-refractivity contribution in [2.45, 2.75) is 34.6 Å². The first-order valence-corrected chi connectivity index (χ1v) is 9.33. The summed E-state index contributed by atoms with van der Waals surface area (Å²) >= 11 is 1.41. The number of hydrogen-bond donors (Lipinski definition) is 0. The van der Waals surface area contributed by atoms with Crippen molar-refractivity contribution in [2.24, 2.45) is 0 Å². The molecule has 0 saturated carbocycles. The van der Waals surface area contributed by atoms with Crippen LogP contribution in [-0.2, 0) is 4.79 Å². The van der Waals surface area contributed by atoms with E-state index in [-0.39, 0.29) is 0 Å². The molecule has 3 heteroatoms. The van der Waals surface area contributed by atoms with Gasteiger partial charge in [0.15, 0.2) is 0 Å². The number of carbonyl (C=O) groups excluding carboxylic acids is 1. The zero-order chi connectivity index (χ0) is 18.5. The van der Waals surface area contributed by atoms with Gasteiger partial charge < -0.3 is 9.69 Å². The van der Waals surface area contributed by atoms with Crippen LogP contribution in [0, 0.1) is 6.92 Å². The Morgan fingerprint density at radius 2 is 1.67 bits per heavy atom. The number of hydrogen-bond acceptors (Lipinski definition) is 3. The van der Waals surface area contributed by atoms with Gasteiger partial charge in [0, 0.05) is 11.6 Å². The van der Waals surface area contributed by atoms with Gasteiger partial charge in [0.1, 0.15) is 6.29 Å². The number of aryl methyl sites for hydroxylation is 1. The van der Waals surface area contributed by atoms with E-state index in [0.29, 0.717) is 5.75 Å². The van der Waals surface area contributed by atoms with E-state index in [1.165, 1.54) is 22.7 Å². The Morgan fingerprint density at radius 1 is 1.08 bits per heavy atom. The standard InChI is InChI=1S/C17H17NOS.2C2H6/c1-4-18(14(3)20-12-11-19)17-10-9-13(2)15-7-5-6-8-16(15)17;2*1-2/h4-11H,1,3,12H2,2H3;2*1-2H3. The fourth-order valence-electron chi connectivity index (χ4n) is 2.18. The SMILES string of the molecule is C=CN(C(=C)SCC=O)c1ccc(C)c2ccccc12.CC.CC. The molecule has 0 spiro atoms. The molecular weight excluding hydrogens is 314 g/mol. The molecule has 0 N–H and O–H groups in total. The predicted molar refractivity (Wildman–Crippen MR) is 112 cm³/mol. The van der Waals surface area contributed by atoms with Crippen LogP contribution in [0.5, 0.6) is 0 Å². The number of rotatable bonds is 6. The van der Waals surface area contributed by atoms with Gasteiger partial charge in [-0.2, -0.15) is 0 Å². The molecule has 0 aliphatic heterocycles. The maximum Gasteiger partial charge on any atom is 0.130 e. The van der Waals surface area contributed by atoms with E-state index < -0.39 is 0 Å². The molecule has 24 heavy (non-hydrogen) atoms. The second-order valence-electron chi connectivity index (χ2n) is 4.37. The Morgan fingerprint density at radius 3 is 2.21 bits per heavy atom. The molecule has 0 aliphatic rings. The molecule has 0 unspecified atom stereocenters. The second-order valence-corrected chi connectivity index (χ2v) is 5.46. The number of anilines is 1. The fraction of sp³-hybridized carbons (Fsp3) is 0.286. The number of thioether (sulfide) groups is 1. The van der Waals surface area contributed by atoms with Gasteiger partial charge in [-0.15, -0.1) is 11.8 Å². The summed E-state index contributed by atoms with van der Waals surface area (Å²) in [7, 11) is 0. The van der Waals surface area contributed by atoms with E-state index in [4.69, 9.17) is 0 Å². The third kappa shape index (κ3) is 5.57. The number of aldehydes is 1. The maximum absolute atomic E-state index is 10.5. The summed E-state index contributed by atoms with van der Waals surface area (Å²) in [5.74, 6) is 0.396. The molecule has 0 aromatic heterocycles. The molecule has 2 aromatic rings. The van der Waals surface area contributed by atoms with Crippen molar-refractivity contribution in [3.05, 3.63) is 66.3 Å². The molecule has 0 heterocycles. The van der Waals surface area contributed by atoms with Crippen LogP contribution in [0.15, 0.2) is 60.8 Å². The second kappa shape index (κ2) is 12.4. The summed E-state index contributed by atoms with van der Waals surface area (Å²) in [6.45, 7) is 18.0. The van der Waals surface area contributed by atoms with Crippen LogP contribution in [-0.4, -0.2) is 12.0 Å². The quantitative estimate of drug-likeness (QED) is 0.554. The van der Waals surface area contributed by atoms with Crippen molar-refractivity contribution in [1.29, 1.82) is 0 Å². The number of nitrogens with zero attached hydrogens (tertiary/aromatic N) is 1. The zero-order valence-electron chi connectivity index (χ0n) is 15.5. The van der Waals surface area contributed by atoms with Crippen molar-refractivity contribution in [3.8, 4) is 0 Å². The maximum atomic E-state index is 10.5. The zero-order valence-corrected chi connectivity index (χ0v) is 16.3. The Kier molecular flexibility index (Phi) is 11.4. The Labute approximate surface area is 151 Å². The minimum Gasteiger partial charge on any atom is -0.312 e. The summed E-state index contributed by atoms with van der Waals surface area (Å²) in [5, 5.41) is 3.16. The molecule has 2 nitrogen and oxygen atoms in total. The largest absolute Gasteiger partial charge is 0.312 e. The fourth-order valence-corrected chi connectivity index (χ4v) is 2.75. The molecule has 0 amide bonds. The van der Waals surface area contributed by atoms with Gasteiger partial charge in [-0.25, -0.2) is 0 Å². The highest BCUT2D eigenvalue weighted by atomic mass is 32.2. The van der Waals surface area contributed by atoms with E-state index in [1.54, 1.807) is 6.20 Å². The van der Waals surface area contributed by atoms with Crippen molar-refractivity contribution in [2.75, 3.05) is 10.7 Å². The topological polar surface area (TPSA) is 20.3 Å². The normalized spacial score (nSPS) is 9.04.